The molecular weight excluding hydrogens is 146 g/mol. The number of hydrogen-bond acceptors (Lipinski definition) is 3. The van der Waals surface area contributed by atoms with E-state index in [1.54, 1.807) is 0 Å². The van der Waals surface area contributed by atoms with Crippen LogP contribution in [0.2, 0.25) is 0 Å². The molecule has 10 heavy (non-hydrogen) atoms. The van der Waals surface area contributed by atoms with Crippen molar-refractivity contribution in [2.75, 3.05) is 24.7 Å². The SMILES string of the molecule is CCOCC(N)CSCC. The van der Waals surface area contributed by atoms with Crippen molar-refractivity contribution >= 4 is 11.8 Å². The smallest absolute Gasteiger partial charge is 0.0625 e. The van der Waals surface area contributed by atoms with Gasteiger partial charge >= 0.3 is 0 Å². The van der Waals surface area contributed by atoms with Crippen molar-refractivity contribution in [2.24, 2.45) is 5.73 Å². The highest BCUT2D eigenvalue weighted by Crippen LogP contribution is 1.99. The Hall–Kier alpha value is 0.270. The molecule has 0 saturated carbocycles. The van der Waals surface area contributed by atoms with Gasteiger partial charge in [0.25, 0.3) is 0 Å². The third-order valence-electron chi connectivity index (χ3n) is 1.07. The van der Waals surface area contributed by atoms with Gasteiger partial charge < -0.3 is 10.5 Å². The first-order valence-electron chi connectivity index (χ1n) is 3.72. The Morgan fingerprint density at radius 3 is 2.70 bits per heavy atom. The van der Waals surface area contributed by atoms with E-state index in [9.17, 15) is 0 Å². The fraction of sp³-hybridized carbons (Fsp3) is 1.00. The lowest BCUT2D eigenvalue weighted by atomic mass is 10.4. The van der Waals surface area contributed by atoms with E-state index in [1.165, 1.54) is 0 Å². The van der Waals surface area contributed by atoms with E-state index >= 15 is 0 Å². The predicted molar refractivity (Wildman–Crippen MR) is 47.5 cm³/mol. The van der Waals surface area contributed by atoms with Crippen LogP contribution in [0.1, 0.15) is 13.8 Å². The molecule has 2 nitrogen and oxygen atoms in total. The molecule has 0 aromatic heterocycles. The fourth-order valence-corrected chi connectivity index (χ4v) is 1.22. The second-order valence-corrected chi connectivity index (χ2v) is 3.40. The monoisotopic (exact) mass is 163 g/mol. The molecule has 3 heteroatoms. The number of ether oxygens (including phenoxy) is 1. The van der Waals surface area contributed by atoms with Crippen LogP contribution in [-0.2, 0) is 4.74 Å². The Bertz CT molecular complexity index is 62.6. The van der Waals surface area contributed by atoms with Gasteiger partial charge in [0.05, 0.1) is 6.61 Å². The van der Waals surface area contributed by atoms with Gasteiger partial charge in [-0.2, -0.15) is 11.8 Å². The van der Waals surface area contributed by atoms with Crippen molar-refractivity contribution in [1.82, 2.24) is 0 Å². The Morgan fingerprint density at radius 2 is 2.20 bits per heavy atom. The zero-order chi connectivity index (χ0) is 7.82. The van der Waals surface area contributed by atoms with Crippen molar-refractivity contribution < 1.29 is 4.74 Å². The largest absolute Gasteiger partial charge is 0.380 e. The van der Waals surface area contributed by atoms with Gasteiger partial charge in [-0.25, -0.2) is 0 Å². The molecule has 0 heterocycles. The molecule has 0 aliphatic heterocycles. The van der Waals surface area contributed by atoms with E-state index in [4.69, 9.17) is 10.5 Å². The van der Waals surface area contributed by atoms with Crippen LogP contribution in [0.15, 0.2) is 0 Å². The van der Waals surface area contributed by atoms with Crippen LogP contribution in [0, 0.1) is 0 Å². The summed E-state index contributed by atoms with van der Waals surface area (Å²) in [7, 11) is 0. The van der Waals surface area contributed by atoms with Crippen LogP contribution in [0.5, 0.6) is 0 Å². The van der Waals surface area contributed by atoms with Gasteiger partial charge in [0.15, 0.2) is 0 Å². The number of thioether (sulfide) groups is 1. The van der Waals surface area contributed by atoms with E-state index in [0.717, 1.165) is 18.1 Å². The molecule has 0 aromatic carbocycles. The summed E-state index contributed by atoms with van der Waals surface area (Å²) in [5.74, 6) is 2.15. The van der Waals surface area contributed by atoms with E-state index in [1.807, 2.05) is 18.7 Å². The van der Waals surface area contributed by atoms with Gasteiger partial charge in [-0.1, -0.05) is 6.92 Å². The number of rotatable bonds is 6. The average molecular weight is 163 g/mol. The topological polar surface area (TPSA) is 35.2 Å². The highest BCUT2D eigenvalue weighted by atomic mass is 32.2. The van der Waals surface area contributed by atoms with E-state index in [2.05, 4.69) is 6.92 Å². The van der Waals surface area contributed by atoms with Crippen molar-refractivity contribution in [3.63, 3.8) is 0 Å². The number of hydrogen-bond donors (Lipinski definition) is 1. The van der Waals surface area contributed by atoms with Crippen molar-refractivity contribution in [2.45, 2.75) is 19.9 Å². The van der Waals surface area contributed by atoms with Gasteiger partial charge in [0.2, 0.25) is 0 Å². The minimum absolute atomic E-state index is 0.213. The van der Waals surface area contributed by atoms with Gasteiger partial charge in [0, 0.05) is 18.4 Å². The Morgan fingerprint density at radius 1 is 1.50 bits per heavy atom. The fourth-order valence-electron chi connectivity index (χ4n) is 0.587. The van der Waals surface area contributed by atoms with Crippen molar-refractivity contribution in [1.29, 1.82) is 0 Å². The molecule has 0 aromatic rings. The van der Waals surface area contributed by atoms with Crippen molar-refractivity contribution in [3.8, 4) is 0 Å². The predicted octanol–water partition coefficient (Wildman–Crippen LogP) is 1.10. The molecule has 1 atom stereocenters. The maximum Gasteiger partial charge on any atom is 0.0625 e. The summed E-state index contributed by atoms with van der Waals surface area (Å²) in [5, 5.41) is 0. The van der Waals surface area contributed by atoms with Crippen LogP contribution in [0.4, 0.5) is 0 Å². The van der Waals surface area contributed by atoms with Crippen LogP contribution in [0.3, 0.4) is 0 Å². The molecule has 2 N–H and O–H groups in total. The second-order valence-electron chi connectivity index (χ2n) is 2.08. The molecule has 1 unspecified atom stereocenters. The summed E-state index contributed by atoms with van der Waals surface area (Å²) in [4.78, 5) is 0. The standard InChI is InChI=1S/C7H17NOS/c1-3-9-5-7(8)6-10-4-2/h7H,3-6,8H2,1-2H3. The molecular formula is C7H17NOS. The van der Waals surface area contributed by atoms with Crippen molar-refractivity contribution in [3.05, 3.63) is 0 Å². The quantitative estimate of drug-likeness (QED) is 0.637. The molecule has 0 radical (unpaired) electrons. The molecule has 0 aliphatic carbocycles. The molecule has 0 bridgehead atoms. The first-order valence-corrected chi connectivity index (χ1v) is 4.87. The third kappa shape index (κ3) is 6.39. The van der Waals surface area contributed by atoms with Crippen LogP contribution >= 0.6 is 11.8 Å². The van der Waals surface area contributed by atoms with Gasteiger partial charge in [-0.3, -0.25) is 0 Å². The van der Waals surface area contributed by atoms with Crippen LogP contribution < -0.4 is 5.73 Å². The van der Waals surface area contributed by atoms with E-state index in [-0.39, 0.29) is 6.04 Å². The molecule has 0 saturated heterocycles. The zero-order valence-electron chi connectivity index (χ0n) is 6.80. The maximum absolute atomic E-state index is 5.70. The Balaban J connectivity index is 3.00. The minimum atomic E-state index is 0.213. The lowest BCUT2D eigenvalue weighted by Gasteiger charge is -2.09. The number of nitrogens with two attached hydrogens (primary N) is 1. The molecule has 0 amide bonds. The summed E-state index contributed by atoms with van der Waals surface area (Å²) in [6.45, 7) is 5.59. The van der Waals surface area contributed by atoms with Crippen LogP contribution in [0.25, 0.3) is 0 Å². The summed E-state index contributed by atoms with van der Waals surface area (Å²) in [6.07, 6.45) is 0. The molecule has 0 aliphatic rings. The molecule has 0 rings (SSSR count). The molecule has 0 spiro atoms. The Labute approximate surface area is 67.5 Å². The Kier molecular flexibility index (Phi) is 7.58. The maximum atomic E-state index is 5.70. The summed E-state index contributed by atoms with van der Waals surface area (Å²) >= 11 is 1.86. The summed E-state index contributed by atoms with van der Waals surface area (Å²) in [6, 6.07) is 0.213. The summed E-state index contributed by atoms with van der Waals surface area (Å²) in [5.41, 5.74) is 5.70. The normalized spacial score (nSPS) is 13.5. The van der Waals surface area contributed by atoms with E-state index in [0.29, 0.717) is 6.61 Å². The molecule has 0 fully saturated rings. The highest BCUT2D eigenvalue weighted by molar-refractivity contribution is 7.99. The second kappa shape index (κ2) is 7.38. The zero-order valence-corrected chi connectivity index (χ0v) is 7.62. The van der Waals surface area contributed by atoms with Crippen LogP contribution in [-0.4, -0.2) is 30.8 Å². The first kappa shape index (κ1) is 10.3. The van der Waals surface area contributed by atoms with Gasteiger partial charge in [-0.15, -0.1) is 0 Å². The van der Waals surface area contributed by atoms with Gasteiger partial charge in [-0.05, 0) is 12.7 Å². The highest BCUT2D eigenvalue weighted by Gasteiger charge is 1.99. The summed E-state index contributed by atoms with van der Waals surface area (Å²) < 4.78 is 5.15. The first-order chi connectivity index (χ1) is 4.81. The van der Waals surface area contributed by atoms with Gasteiger partial charge in [0.1, 0.15) is 0 Å². The minimum Gasteiger partial charge on any atom is -0.380 e. The lowest BCUT2D eigenvalue weighted by molar-refractivity contribution is 0.138. The average Bonchev–Trinajstić information content (AvgIpc) is 1.97. The third-order valence-corrected chi connectivity index (χ3v) is 2.14. The molecule has 62 valence electrons. The van der Waals surface area contributed by atoms with E-state index < -0.39 is 0 Å². The lowest BCUT2D eigenvalue weighted by Crippen LogP contribution is -2.28.